The van der Waals surface area contributed by atoms with Crippen LogP contribution in [0.1, 0.15) is 45.1 Å². The van der Waals surface area contributed by atoms with Crippen LogP contribution in [0.4, 0.5) is 0 Å². The molecule has 1 aliphatic heterocycles. The monoisotopic (exact) mass is 430 g/mol. The van der Waals surface area contributed by atoms with Gasteiger partial charge in [-0.2, -0.15) is 9.40 Å². The SMILES string of the molecule is CC(=O)C(C)(C)Cn1cc(S(=O)(=O)N2CCC(c3coc4cccnc34)CC2)cn1. The van der Waals surface area contributed by atoms with Crippen molar-refractivity contribution in [3.8, 4) is 0 Å². The van der Waals surface area contributed by atoms with Crippen LogP contribution in [-0.2, 0) is 21.4 Å². The van der Waals surface area contributed by atoms with E-state index in [1.807, 2.05) is 26.0 Å². The van der Waals surface area contributed by atoms with Crippen LogP contribution in [0.15, 0.2) is 46.3 Å². The second kappa shape index (κ2) is 7.63. The summed E-state index contributed by atoms with van der Waals surface area (Å²) in [7, 11) is -3.63. The van der Waals surface area contributed by atoms with Gasteiger partial charge in [0.05, 0.1) is 19.0 Å². The molecule has 0 aromatic carbocycles. The molecule has 160 valence electrons. The molecule has 8 nitrogen and oxygen atoms in total. The van der Waals surface area contributed by atoms with Crippen LogP contribution in [0.3, 0.4) is 0 Å². The number of fused-ring (bicyclic) bond motifs is 1. The van der Waals surface area contributed by atoms with E-state index in [4.69, 9.17) is 4.42 Å². The lowest BCUT2D eigenvalue weighted by atomic mass is 9.89. The summed E-state index contributed by atoms with van der Waals surface area (Å²) in [5, 5.41) is 4.17. The molecular formula is C21H26N4O4S. The molecule has 0 saturated carbocycles. The number of sulfonamides is 1. The van der Waals surface area contributed by atoms with E-state index < -0.39 is 15.4 Å². The molecule has 4 heterocycles. The predicted molar refractivity (Wildman–Crippen MR) is 111 cm³/mol. The Balaban J connectivity index is 1.46. The molecule has 0 radical (unpaired) electrons. The molecule has 1 fully saturated rings. The van der Waals surface area contributed by atoms with E-state index >= 15 is 0 Å². The van der Waals surface area contributed by atoms with Crippen molar-refractivity contribution < 1.29 is 17.6 Å². The Bertz CT molecular complexity index is 1170. The fourth-order valence-corrected chi connectivity index (χ4v) is 5.24. The van der Waals surface area contributed by atoms with Crippen LogP contribution in [0.25, 0.3) is 11.1 Å². The molecule has 4 rings (SSSR count). The van der Waals surface area contributed by atoms with E-state index in [-0.39, 0.29) is 16.6 Å². The molecule has 0 N–H and O–H groups in total. The Kier molecular flexibility index (Phi) is 5.27. The third-order valence-corrected chi connectivity index (χ3v) is 7.86. The van der Waals surface area contributed by atoms with Gasteiger partial charge in [-0.1, -0.05) is 13.8 Å². The first-order chi connectivity index (χ1) is 14.2. The van der Waals surface area contributed by atoms with Gasteiger partial charge >= 0.3 is 0 Å². The highest BCUT2D eigenvalue weighted by Gasteiger charge is 2.33. The Morgan fingerprint density at radius 3 is 2.73 bits per heavy atom. The molecular weight excluding hydrogens is 404 g/mol. The van der Waals surface area contributed by atoms with E-state index in [2.05, 4.69) is 10.1 Å². The van der Waals surface area contributed by atoms with Gasteiger partial charge in [-0.25, -0.2) is 8.42 Å². The lowest BCUT2D eigenvalue weighted by molar-refractivity contribution is -0.125. The smallest absolute Gasteiger partial charge is 0.246 e. The molecule has 0 amide bonds. The lowest BCUT2D eigenvalue weighted by Crippen LogP contribution is -2.37. The number of Topliss-reactive ketones (excluding diaryl/α,β-unsaturated/α-hetero) is 1. The standard InChI is InChI=1S/C21H26N4O4S/c1-15(26)21(2,3)14-24-12-17(11-23-24)30(27,28)25-9-6-16(7-10-25)18-13-29-19-5-4-8-22-20(18)19/h4-5,8,11-13,16H,6-7,9-10,14H2,1-3H3. The van der Waals surface area contributed by atoms with Crippen molar-refractivity contribution in [3.05, 3.63) is 42.5 Å². The summed E-state index contributed by atoms with van der Waals surface area (Å²) in [5.74, 6) is 0.248. The van der Waals surface area contributed by atoms with Crippen molar-refractivity contribution >= 4 is 26.9 Å². The normalized spacial score (nSPS) is 16.9. The van der Waals surface area contributed by atoms with Gasteiger partial charge in [0.15, 0.2) is 5.58 Å². The number of rotatable bonds is 6. The summed E-state index contributed by atoms with van der Waals surface area (Å²) < 4.78 is 34.8. The van der Waals surface area contributed by atoms with Gasteiger partial charge in [0.2, 0.25) is 10.0 Å². The summed E-state index contributed by atoms with van der Waals surface area (Å²) in [6.07, 6.45) is 7.77. The second-order valence-corrected chi connectivity index (χ2v) is 10.5. The number of furan rings is 1. The van der Waals surface area contributed by atoms with Crippen molar-refractivity contribution in [1.29, 1.82) is 0 Å². The summed E-state index contributed by atoms with van der Waals surface area (Å²) in [6.45, 7) is 6.37. The van der Waals surface area contributed by atoms with Crippen molar-refractivity contribution in [2.24, 2.45) is 5.41 Å². The molecule has 1 saturated heterocycles. The first kappa shape index (κ1) is 20.7. The quantitative estimate of drug-likeness (QED) is 0.596. The minimum absolute atomic E-state index is 0.0331. The van der Waals surface area contributed by atoms with E-state index in [0.717, 1.165) is 16.7 Å². The highest BCUT2D eigenvalue weighted by atomic mass is 32.2. The minimum atomic E-state index is -3.63. The summed E-state index contributed by atoms with van der Waals surface area (Å²) in [6, 6.07) is 3.72. The fourth-order valence-electron chi connectivity index (χ4n) is 3.81. The van der Waals surface area contributed by atoms with Gasteiger partial charge in [-0.3, -0.25) is 14.5 Å². The topological polar surface area (TPSA) is 98.3 Å². The average Bonchev–Trinajstić information content (AvgIpc) is 3.35. The van der Waals surface area contributed by atoms with E-state index in [1.54, 1.807) is 12.5 Å². The van der Waals surface area contributed by atoms with Crippen LogP contribution in [0, 0.1) is 5.41 Å². The molecule has 3 aromatic heterocycles. The highest BCUT2D eigenvalue weighted by molar-refractivity contribution is 7.89. The molecule has 0 spiro atoms. The van der Waals surface area contributed by atoms with Crippen molar-refractivity contribution in [2.45, 2.75) is 51.0 Å². The number of ketones is 1. The van der Waals surface area contributed by atoms with E-state index in [0.29, 0.717) is 32.5 Å². The molecule has 1 aliphatic rings. The van der Waals surface area contributed by atoms with Crippen LogP contribution < -0.4 is 0 Å². The number of hydrogen-bond acceptors (Lipinski definition) is 6. The number of carbonyl (C=O) groups excluding carboxylic acids is 1. The number of hydrogen-bond donors (Lipinski definition) is 0. The molecule has 0 unspecified atom stereocenters. The number of piperidine rings is 1. The second-order valence-electron chi connectivity index (χ2n) is 8.53. The molecule has 3 aromatic rings. The predicted octanol–water partition coefficient (Wildman–Crippen LogP) is 3.21. The van der Waals surface area contributed by atoms with Crippen molar-refractivity contribution in [3.63, 3.8) is 0 Å². The Labute approximate surface area is 175 Å². The fraction of sp³-hybridized carbons (Fsp3) is 0.476. The first-order valence-corrected chi connectivity index (χ1v) is 11.5. The number of nitrogens with zero attached hydrogens (tertiary/aromatic N) is 4. The van der Waals surface area contributed by atoms with Crippen LogP contribution in [-0.4, -0.2) is 46.4 Å². The maximum absolute atomic E-state index is 13.1. The molecule has 0 bridgehead atoms. The van der Waals surface area contributed by atoms with Gasteiger partial charge in [0.1, 0.15) is 16.2 Å². The first-order valence-electron chi connectivity index (χ1n) is 10.0. The van der Waals surface area contributed by atoms with Crippen LogP contribution >= 0.6 is 0 Å². The minimum Gasteiger partial charge on any atom is -0.462 e. The third kappa shape index (κ3) is 3.79. The lowest BCUT2D eigenvalue weighted by Gasteiger charge is -2.30. The van der Waals surface area contributed by atoms with E-state index in [9.17, 15) is 13.2 Å². The van der Waals surface area contributed by atoms with E-state index in [1.165, 1.54) is 28.3 Å². The zero-order chi connectivity index (χ0) is 21.5. The number of aromatic nitrogens is 3. The van der Waals surface area contributed by atoms with Crippen LogP contribution in [0.2, 0.25) is 0 Å². The third-order valence-electron chi connectivity index (χ3n) is 6.01. The Morgan fingerprint density at radius 1 is 1.30 bits per heavy atom. The van der Waals surface area contributed by atoms with Gasteiger partial charge in [-0.15, -0.1) is 0 Å². The molecule has 30 heavy (non-hydrogen) atoms. The Hall–Kier alpha value is -2.52. The number of carbonyl (C=O) groups is 1. The van der Waals surface area contributed by atoms with Gasteiger partial charge in [0, 0.05) is 36.5 Å². The largest absolute Gasteiger partial charge is 0.462 e. The van der Waals surface area contributed by atoms with Crippen molar-refractivity contribution in [1.82, 2.24) is 19.1 Å². The van der Waals surface area contributed by atoms with Crippen LogP contribution in [0.5, 0.6) is 0 Å². The highest BCUT2D eigenvalue weighted by Crippen LogP contribution is 2.34. The van der Waals surface area contributed by atoms with Gasteiger partial charge in [0.25, 0.3) is 0 Å². The maximum atomic E-state index is 13.1. The average molecular weight is 431 g/mol. The summed E-state index contributed by atoms with van der Waals surface area (Å²) >= 11 is 0. The Morgan fingerprint density at radius 2 is 2.03 bits per heavy atom. The van der Waals surface area contributed by atoms with Crippen molar-refractivity contribution in [2.75, 3.05) is 13.1 Å². The zero-order valence-corrected chi connectivity index (χ0v) is 18.2. The summed E-state index contributed by atoms with van der Waals surface area (Å²) in [4.78, 5) is 16.3. The summed E-state index contributed by atoms with van der Waals surface area (Å²) in [5.41, 5.74) is 2.05. The zero-order valence-electron chi connectivity index (χ0n) is 17.4. The van der Waals surface area contributed by atoms with Gasteiger partial charge < -0.3 is 4.42 Å². The molecule has 0 atom stereocenters. The molecule has 9 heteroatoms. The maximum Gasteiger partial charge on any atom is 0.246 e. The molecule has 0 aliphatic carbocycles. The number of pyridine rings is 1. The van der Waals surface area contributed by atoms with Gasteiger partial charge in [-0.05, 0) is 37.8 Å².